The van der Waals surface area contributed by atoms with E-state index in [2.05, 4.69) is 10.3 Å². The van der Waals surface area contributed by atoms with Crippen molar-refractivity contribution in [3.8, 4) is 0 Å². The monoisotopic (exact) mass is 640 g/mol. The summed E-state index contributed by atoms with van der Waals surface area (Å²) in [7, 11) is 0. The second-order valence-corrected chi connectivity index (χ2v) is 13.4. The van der Waals surface area contributed by atoms with Gasteiger partial charge in [-0.1, -0.05) is 65.4 Å². The second kappa shape index (κ2) is 11.5. The number of carbonyl (C=O) groups is 1. The van der Waals surface area contributed by atoms with Crippen LogP contribution in [0.4, 0.5) is 5.69 Å². The Bertz CT molecular complexity index is 2180. The van der Waals surface area contributed by atoms with Gasteiger partial charge in [0.2, 0.25) is 0 Å². The zero-order chi connectivity index (χ0) is 29.5. The van der Waals surface area contributed by atoms with Crippen molar-refractivity contribution in [2.24, 2.45) is 4.99 Å². The number of thiazole rings is 2. The summed E-state index contributed by atoms with van der Waals surface area (Å²) in [6, 6.07) is 27.4. The van der Waals surface area contributed by atoms with Gasteiger partial charge in [-0.2, -0.15) is 0 Å². The second-order valence-electron chi connectivity index (χ2n) is 9.66. The van der Waals surface area contributed by atoms with Crippen LogP contribution in [0.5, 0.6) is 0 Å². The zero-order valence-corrected chi connectivity index (χ0v) is 25.7. The molecule has 7 rings (SSSR count). The maximum absolute atomic E-state index is 13.9. The number of aromatic nitrogens is 2. The van der Waals surface area contributed by atoms with Gasteiger partial charge in [0.1, 0.15) is 5.76 Å². The first-order chi connectivity index (χ1) is 20.9. The maximum atomic E-state index is 13.9. The Hall–Kier alpha value is -4.22. The lowest BCUT2D eigenvalue weighted by Crippen LogP contribution is -2.40. The minimum absolute atomic E-state index is 0.266. The molecule has 0 bridgehead atoms. The number of halogens is 1. The van der Waals surface area contributed by atoms with Crippen LogP contribution in [0, 0.1) is 0 Å². The van der Waals surface area contributed by atoms with E-state index >= 15 is 0 Å². The van der Waals surface area contributed by atoms with E-state index in [-0.39, 0.29) is 11.5 Å². The van der Waals surface area contributed by atoms with Gasteiger partial charge in [-0.25, -0.2) is 9.98 Å². The molecule has 4 heterocycles. The van der Waals surface area contributed by atoms with E-state index in [0.29, 0.717) is 42.2 Å². The molecule has 1 aliphatic rings. The molecule has 1 aliphatic heterocycles. The van der Waals surface area contributed by atoms with Gasteiger partial charge >= 0.3 is 0 Å². The van der Waals surface area contributed by atoms with Crippen LogP contribution in [0.15, 0.2) is 126 Å². The van der Waals surface area contributed by atoms with Crippen molar-refractivity contribution < 1.29 is 9.21 Å². The average molecular weight is 641 g/mol. The van der Waals surface area contributed by atoms with Gasteiger partial charge in [-0.3, -0.25) is 14.2 Å². The lowest BCUT2D eigenvalue weighted by molar-refractivity contribution is -0.113. The predicted molar refractivity (Wildman–Crippen MR) is 173 cm³/mol. The number of anilines is 1. The van der Waals surface area contributed by atoms with Gasteiger partial charge in [-0.05, 0) is 72.8 Å². The molecule has 11 heteroatoms. The average Bonchev–Trinajstić information content (AvgIpc) is 3.70. The van der Waals surface area contributed by atoms with E-state index in [1.807, 2.05) is 78.9 Å². The molecule has 3 aromatic carbocycles. The summed E-state index contributed by atoms with van der Waals surface area (Å²) >= 11 is 10.5. The molecule has 1 amide bonds. The van der Waals surface area contributed by atoms with Crippen molar-refractivity contribution in [1.29, 1.82) is 0 Å². The number of furan rings is 1. The lowest BCUT2D eigenvalue weighted by atomic mass is 9.95. The Labute approximate surface area is 262 Å². The highest BCUT2D eigenvalue weighted by Gasteiger charge is 2.32. The summed E-state index contributed by atoms with van der Waals surface area (Å²) in [6.07, 6.45) is 1.72. The molecule has 0 fully saturated rings. The summed E-state index contributed by atoms with van der Waals surface area (Å²) in [4.78, 5) is 37.5. The van der Waals surface area contributed by atoms with Gasteiger partial charge in [-0.15, -0.1) is 11.3 Å². The molecule has 7 nitrogen and oxygen atoms in total. The van der Waals surface area contributed by atoms with Gasteiger partial charge in [0.25, 0.3) is 11.5 Å². The van der Waals surface area contributed by atoms with Crippen molar-refractivity contribution in [2.45, 2.75) is 22.4 Å². The smallest absolute Gasteiger partial charge is 0.271 e. The third-order valence-electron chi connectivity index (χ3n) is 6.82. The molecule has 212 valence electrons. The number of nitrogens with one attached hydrogen (secondary N) is 1. The van der Waals surface area contributed by atoms with E-state index in [1.165, 1.54) is 23.1 Å². The predicted octanol–water partition coefficient (Wildman–Crippen LogP) is 6.88. The number of fused-ring (bicyclic) bond motifs is 2. The minimum Gasteiger partial charge on any atom is -0.450 e. The van der Waals surface area contributed by atoms with Crippen LogP contribution >= 0.6 is 46.0 Å². The molecule has 0 spiro atoms. The van der Waals surface area contributed by atoms with Crippen molar-refractivity contribution in [1.82, 2.24) is 9.55 Å². The SMILES string of the molecule is CC1=C(C(=O)Nc2ccccc2)[C@H](c2ccc(Cl)cc2)n2c(s/c(=C\c3ccc(Sc4nc5ccccc5s4)o3)c2=O)=N1. The van der Waals surface area contributed by atoms with Crippen molar-refractivity contribution in [2.75, 3.05) is 5.32 Å². The van der Waals surface area contributed by atoms with Crippen molar-refractivity contribution in [3.63, 3.8) is 0 Å². The quantitative estimate of drug-likeness (QED) is 0.214. The molecule has 3 aromatic heterocycles. The third kappa shape index (κ3) is 5.50. The summed E-state index contributed by atoms with van der Waals surface area (Å²) in [5, 5.41) is 4.19. The highest BCUT2D eigenvalue weighted by Crippen LogP contribution is 2.35. The summed E-state index contributed by atoms with van der Waals surface area (Å²) < 4.78 is 10.1. The summed E-state index contributed by atoms with van der Waals surface area (Å²) in [5.41, 5.74) is 3.00. The largest absolute Gasteiger partial charge is 0.450 e. The number of benzene rings is 3. The molecular weight excluding hydrogens is 620 g/mol. The number of hydrogen-bond acceptors (Lipinski definition) is 8. The summed E-state index contributed by atoms with van der Waals surface area (Å²) in [5.74, 6) is 0.207. The van der Waals surface area contributed by atoms with E-state index in [0.717, 1.165) is 20.1 Å². The van der Waals surface area contributed by atoms with Gasteiger partial charge in [0.05, 0.1) is 32.1 Å². The van der Waals surface area contributed by atoms with Crippen LogP contribution in [0.3, 0.4) is 0 Å². The lowest BCUT2D eigenvalue weighted by Gasteiger charge is -2.25. The normalized spacial score (nSPS) is 15.0. The molecule has 0 unspecified atom stereocenters. The molecule has 6 aromatic rings. The van der Waals surface area contributed by atoms with Crippen LogP contribution in [0.25, 0.3) is 16.3 Å². The number of para-hydroxylation sites is 2. The summed E-state index contributed by atoms with van der Waals surface area (Å²) in [6.45, 7) is 1.79. The van der Waals surface area contributed by atoms with Crippen molar-refractivity contribution in [3.05, 3.63) is 138 Å². The standard InChI is InChI=1S/C32H21ClN4O3S3/c1-18-27(29(38)35-21-7-3-2-4-8-21)28(19-11-13-20(33)14-12-19)37-30(39)25(41-31(37)34-18)17-22-15-16-26(40-22)43-32-36-23-9-5-6-10-24(23)42-32/h2-17,28H,1H3,(H,35,38)/b25-17-/t28-/m0/s1. The molecular formula is C32H21ClN4O3S3. The van der Waals surface area contributed by atoms with Crippen molar-refractivity contribution >= 4 is 73.9 Å². The van der Waals surface area contributed by atoms with Crippen LogP contribution in [-0.4, -0.2) is 15.5 Å². The Morgan fingerprint density at radius 1 is 1.00 bits per heavy atom. The molecule has 1 atom stereocenters. The molecule has 0 saturated heterocycles. The zero-order valence-electron chi connectivity index (χ0n) is 22.5. The van der Waals surface area contributed by atoms with E-state index in [1.54, 1.807) is 41.0 Å². The van der Waals surface area contributed by atoms with Crippen LogP contribution in [-0.2, 0) is 4.79 Å². The first-order valence-electron chi connectivity index (χ1n) is 13.2. The fourth-order valence-electron chi connectivity index (χ4n) is 4.87. The van der Waals surface area contributed by atoms with Gasteiger partial charge in [0.15, 0.2) is 14.2 Å². The fraction of sp³-hybridized carbons (Fsp3) is 0.0625. The minimum atomic E-state index is -0.693. The number of allylic oxidation sites excluding steroid dienone is 1. The number of carbonyl (C=O) groups excluding carboxylic acids is 1. The Balaban J connectivity index is 1.26. The van der Waals surface area contributed by atoms with E-state index < -0.39 is 6.04 Å². The first-order valence-corrected chi connectivity index (χ1v) is 16.0. The highest BCUT2D eigenvalue weighted by atomic mass is 35.5. The number of nitrogens with zero attached hydrogens (tertiary/aromatic N) is 3. The van der Waals surface area contributed by atoms with Crippen LogP contribution in [0.1, 0.15) is 24.3 Å². The first kappa shape index (κ1) is 27.6. The van der Waals surface area contributed by atoms with E-state index in [9.17, 15) is 9.59 Å². The molecule has 0 saturated carbocycles. The molecule has 0 radical (unpaired) electrons. The Kier molecular flexibility index (Phi) is 7.36. The molecule has 0 aliphatic carbocycles. The number of rotatable bonds is 6. The maximum Gasteiger partial charge on any atom is 0.271 e. The Morgan fingerprint density at radius 3 is 2.56 bits per heavy atom. The Morgan fingerprint density at radius 2 is 1.77 bits per heavy atom. The molecule has 43 heavy (non-hydrogen) atoms. The van der Waals surface area contributed by atoms with Gasteiger partial charge in [0, 0.05) is 16.8 Å². The molecule has 1 N–H and O–H groups in total. The van der Waals surface area contributed by atoms with Crippen LogP contribution in [0.2, 0.25) is 5.02 Å². The van der Waals surface area contributed by atoms with Crippen LogP contribution < -0.4 is 20.2 Å². The van der Waals surface area contributed by atoms with Gasteiger partial charge < -0.3 is 9.73 Å². The number of amides is 1. The third-order valence-corrected chi connectivity index (χ3v) is 10.1. The number of hydrogen-bond donors (Lipinski definition) is 1. The van der Waals surface area contributed by atoms with E-state index in [4.69, 9.17) is 21.0 Å². The topological polar surface area (TPSA) is 89.5 Å². The highest BCUT2D eigenvalue weighted by molar-refractivity contribution is 8.01. The fourth-order valence-corrected chi connectivity index (χ4v) is 7.99.